The van der Waals surface area contributed by atoms with Gasteiger partial charge in [0.15, 0.2) is 5.78 Å². The van der Waals surface area contributed by atoms with Crippen molar-refractivity contribution in [1.29, 1.82) is 0 Å². The van der Waals surface area contributed by atoms with Gasteiger partial charge in [-0.05, 0) is 77.8 Å². The van der Waals surface area contributed by atoms with Gasteiger partial charge in [-0.15, -0.1) is 0 Å². The Kier molecular flexibility index (Phi) is 15.2. The van der Waals surface area contributed by atoms with Crippen molar-refractivity contribution in [2.24, 2.45) is 17.8 Å². The second-order valence-corrected chi connectivity index (χ2v) is 12.1. The largest absolute Gasteiger partial charge is 0.469 e. The fraction of sp³-hybridized carbons (Fsp3) is 0.786. The molecule has 38 heavy (non-hydrogen) atoms. The first-order valence-corrected chi connectivity index (χ1v) is 14.1. The van der Waals surface area contributed by atoms with Gasteiger partial charge < -0.3 is 23.1 Å². The van der Waals surface area contributed by atoms with E-state index in [0.717, 1.165) is 19.3 Å². The summed E-state index contributed by atoms with van der Waals surface area (Å²) < 4.78 is 26.0. The highest BCUT2D eigenvalue weighted by molar-refractivity contribution is 7.96. The van der Waals surface area contributed by atoms with Crippen LogP contribution >= 0.6 is 12.0 Å². The smallest absolute Gasteiger partial charge is 0.309 e. The predicted molar refractivity (Wildman–Crippen MR) is 145 cm³/mol. The third-order valence-corrected chi connectivity index (χ3v) is 7.50. The monoisotopic (exact) mass is 558 g/mol. The standard InChI is InChI=1S/C28H46O9S/c1-8-9-10-11-12-20-19-21(24(20)26(32)33-6)25(31)36-18-17-35-23(30)14-13-22(29)28(4,5)37-16-15-27(2,3)38-34-7/h9-10,20-21,24H,8,11-19H2,1-7H3/b10-9+. The summed E-state index contributed by atoms with van der Waals surface area (Å²) >= 11 is 1.35. The summed E-state index contributed by atoms with van der Waals surface area (Å²) in [7, 11) is 2.93. The summed E-state index contributed by atoms with van der Waals surface area (Å²) in [6.07, 6.45) is 7.94. The zero-order valence-electron chi connectivity index (χ0n) is 24.0. The van der Waals surface area contributed by atoms with Crippen LogP contribution in [0.15, 0.2) is 12.2 Å². The Hall–Kier alpha value is -1.91. The molecule has 0 aromatic rings. The normalized spacial score (nSPS) is 19.6. The van der Waals surface area contributed by atoms with Gasteiger partial charge in [0.1, 0.15) is 18.8 Å². The third kappa shape index (κ3) is 11.9. The molecule has 0 aromatic carbocycles. The van der Waals surface area contributed by atoms with Crippen molar-refractivity contribution in [1.82, 2.24) is 0 Å². The van der Waals surface area contributed by atoms with E-state index >= 15 is 0 Å². The summed E-state index contributed by atoms with van der Waals surface area (Å²) in [5, 5.41) is 0. The maximum Gasteiger partial charge on any atom is 0.309 e. The molecule has 9 nitrogen and oxygen atoms in total. The van der Waals surface area contributed by atoms with Crippen LogP contribution in [-0.4, -0.2) is 68.1 Å². The minimum absolute atomic E-state index is 0.0143. The van der Waals surface area contributed by atoms with Crippen LogP contribution in [0.25, 0.3) is 0 Å². The first kappa shape index (κ1) is 34.1. The summed E-state index contributed by atoms with van der Waals surface area (Å²) in [4.78, 5) is 49.3. The minimum atomic E-state index is -1.02. The average molecular weight is 559 g/mol. The number of esters is 3. The number of hydrogen-bond acceptors (Lipinski definition) is 10. The number of carbonyl (C=O) groups is 4. The highest BCUT2D eigenvalue weighted by Crippen LogP contribution is 2.44. The van der Waals surface area contributed by atoms with E-state index in [-0.39, 0.29) is 42.5 Å². The average Bonchev–Trinajstić information content (AvgIpc) is 2.83. The molecule has 3 atom stereocenters. The number of carbonyl (C=O) groups excluding carboxylic acids is 4. The molecule has 0 amide bonds. The molecule has 1 rings (SSSR count). The maximum absolute atomic E-state index is 12.5. The topological polar surface area (TPSA) is 114 Å². The molecule has 1 fully saturated rings. The van der Waals surface area contributed by atoms with Crippen LogP contribution in [0.1, 0.15) is 79.6 Å². The Morgan fingerprint density at radius 1 is 0.921 bits per heavy atom. The number of allylic oxidation sites excluding steroid dienone is 2. The van der Waals surface area contributed by atoms with E-state index in [1.54, 1.807) is 21.0 Å². The summed E-state index contributed by atoms with van der Waals surface area (Å²) in [6.45, 7) is 9.63. The van der Waals surface area contributed by atoms with Gasteiger partial charge in [-0.2, -0.15) is 0 Å². The molecule has 0 bridgehead atoms. The Morgan fingerprint density at radius 3 is 2.24 bits per heavy atom. The molecule has 0 aliphatic heterocycles. The predicted octanol–water partition coefficient (Wildman–Crippen LogP) is 4.85. The minimum Gasteiger partial charge on any atom is -0.469 e. The molecule has 218 valence electrons. The first-order chi connectivity index (χ1) is 17.9. The van der Waals surface area contributed by atoms with Crippen molar-refractivity contribution >= 4 is 35.7 Å². The molecule has 0 N–H and O–H groups in total. The van der Waals surface area contributed by atoms with Crippen LogP contribution in [0.3, 0.4) is 0 Å². The highest BCUT2D eigenvalue weighted by Gasteiger charge is 2.50. The summed E-state index contributed by atoms with van der Waals surface area (Å²) in [5.41, 5.74) is -1.02. The molecule has 0 saturated heterocycles. The number of Topliss-reactive ketones (excluding diaryl/α,β-unsaturated/α-hetero) is 1. The van der Waals surface area contributed by atoms with Crippen molar-refractivity contribution in [2.75, 3.05) is 34.0 Å². The zero-order chi connectivity index (χ0) is 28.8. The van der Waals surface area contributed by atoms with Gasteiger partial charge in [0.25, 0.3) is 0 Å². The molecule has 1 saturated carbocycles. The van der Waals surface area contributed by atoms with Crippen LogP contribution in [0.5, 0.6) is 0 Å². The molecule has 1 aliphatic carbocycles. The molecule has 0 heterocycles. The van der Waals surface area contributed by atoms with Crippen LogP contribution in [0.4, 0.5) is 0 Å². The Morgan fingerprint density at radius 2 is 1.61 bits per heavy atom. The third-order valence-electron chi connectivity index (χ3n) is 6.67. The SMILES string of the molecule is CC/C=C/CCC1CC(C(=O)OCCOC(=O)CCC(=O)C(C)(C)OCCC(C)(C)SOC)C1C(=O)OC. The molecular formula is C28H46O9S. The molecule has 10 heteroatoms. The molecular weight excluding hydrogens is 512 g/mol. The number of methoxy groups -OCH3 is 1. The van der Waals surface area contributed by atoms with Crippen LogP contribution in [0.2, 0.25) is 0 Å². The second kappa shape index (κ2) is 16.9. The van der Waals surface area contributed by atoms with E-state index in [1.807, 2.05) is 13.8 Å². The lowest BCUT2D eigenvalue weighted by atomic mass is 9.63. The van der Waals surface area contributed by atoms with E-state index in [0.29, 0.717) is 19.4 Å². The van der Waals surface area contributed by atoms with Gasteiger partial charge in [-0.25, -0.2) is 0 Å². The molecule has 0 radical (unpaired) electrons. The maximum atomic E-state index is 12.5. The fourth-order valence-electron chi connectivity index (χ4n) is 4.27. The quantitative estimate of drug-likeness (QED) is 0.0716. The summed E-state index contributed by atoms with van der Waals surface area (Å²) in [6, 6.07) is 0. The molecule has 0 spiro atoms. The molecule has 1 aliphatic rings. The lowest BCUT2D eigenvalue weighted by molar-refractivity contribution is -0.173. The second-order valence-electron chi connectivity index (χ2n) is 10.5. The van der Waals surface area contributed by atoms with Crippen LogP contribution < -0.4 is 0 Å². The Labute approximate surface area is 231 Å². The van der Waals surface area contributed by atoms with Crippen molar-refractivity contribution in [3.63, 3.8) is 0 Å². The Balaban J connectivity index is 2.33. The van der Waals surface area contributed by atoms with Gasteiger partial charge in [0, 0.05) is 17.8 Å². The van der Waals surface area contributed by atoms with Gasteiger partial charge in [0.05, 0.1) is 32.5 Å². The van der Waals surface area contributed by atoms with Crippen molar-refractivity contribution in [3.05, 3.63) is 12.2 Å². The van der Waals surface area contributed by atoms with Gasteiger partial charge >= 0.3 is 17.9 Å². The lowest BCUT2D eigenvalue weighted by Crippen LogP contribution is -2.47. The zero-order valence-corrected chi connectivity index (χ0v) is 24.9. The fourth-order valence-corrected chi connectivity index (χ4v) is 4.89. The van der Waals surface area contributed by atoms with Gasteiger partial charge in [0.2, 0.25) is 0 Å². The van der Waals surface area contributed by atoms with Crippen LogP contribution in [0, 0.1) is 17.8 Å². The van der Waals surface area contributed by atoms with E-state index in [2.05, 4.69) is 19.1 Å². The number of hydrogen-bond donors (Lipinski definition) is 0. The van der Waals surface area contributed by atoms with Crippen molar-refractivity contribution in [2.45, 2.75) is 89.9 Å². The highest BCUT2D eigenvalue weighted by atomic mass is 32.2. The van der Waals surface area contributed by atoms with Crippen molar-refractivity contribution < 1.29 is 42.3 Å². The number of rotatable bonds is 19. The number of ketones is 1. The van der Waals surface area contributed by atoms with E-state index in [4.69, 9.17) is 23.1 Å². The lowest BCUT2D eigenvalue weighted by Gasteiger charge is -2.41. The van der Waals surface area contributed by atoms with Gasteiger partial charge in [-0.3, -0.25) is 19.2 Å². The van der Waals surface area contributed by atoms with Gasteiger partial charge in [-0.1, -0.05) is 19.1 Å². The summed E-state index contributed by atoms with van der Waals surface area (Å²) in [5.74, 6) is -2.61. The van der Waals surface area contributed by atoms with E-state index in [1.165, 1.54) is 19.2 Å². The Bertz CT molecular complexity index is 806. The van der Waals surface area contributed by atoms with Crippen LogP contribution in [-0.2, 0) is 42.3 Å². The molecule has 0 aromatic heterocycles. The number of ether oxygens (including phenoxy) is 4. The molecule has 3 unspecified atom stereocenters. The van der Waals surface area contributed by atoms with Crippen molar-refractivity contribution in [3.8, 4) is 0 Å². The first-order valence-electron chi connectivity index (χ1n) is 13.3. The van der Waals surface area contributed by atoms with E-state index < -0.39 is 35.3 Å². The van der Waals surface area contributed by atoms with E-state index in [9.17, 15) is 19.2 Å².